The average molecular weight is 639 g/mol. The van der Waals surface area contributed by atoms with E-state index in [1.807, 2.05) is 0 Å². The number of piperidine rings is 3. The predicted octanol–water partition coefficient (Wildman–Crippen LogP) is 3.31. The fourth-order valence-electron chi connectivity index (χ4n) is 8.44. The van der Waals surface area contributed by atoms with Gasteiger partial charge in [0.05, 0.1) is 11.7 Å². The van der Waals surface area contributed by atoms with E-state index in [4.69, 9.17) is 0 Å². The summed E-state index contributed by atoms with van der Waals surface area (Å²) >= 11 is 0. The van der Waals surface area contributed by atoms with Crippen molar-refractivity contribution < 1.29 is 0 Å². The lowest BCUT2D eigenvalue weighted by atomic mass is 9.89. The number of nitrogens with one attached hydrogen (secondary N) is 1. The van der Waals surface area contributed by atoms with Gasteiger partial charge in [0.15, 0.2) is 5.96 Å². The number of nitrogens with zero attached hydrogens (tertiary/aromatic N) is 9. The lowest BCUT2D eigenvalue weighted by Gasteiger charge is -2.41. The van der Waals surface area contributed by atoms with E-state index in [1.165, 1.54) is 193 Å². The zero-order valence-corrected chi connectivity index (χ0v) is 29.2. The number of fused-ring (bicyclic) bond motifs is 9. The maximum absolute atomic E-state index is 4.55. The Labute approximate surface area is 280 Å². The van der Waals surface area contributed by atoms with Crippen LogP contribution >= 0.6 is 0 Å². The van der Waals surface area contributed by atoms with Gasteiger partial charge < -0.3 is 24.9 Å². The van der Waals surface area contributed by atoms with E-state index >= 15 is 0 Å². The molecule has 0 spiro atoms. The van der Waals surface area contributed by atoms with E-state index in [0.29, 0.717) is 0 Å². The molecule has 46 heavy (non-hydrogen) atoms. The number of rotatable bonds is 0. The average Bonchev–Trinajstić information content (AvgIpc) is 3.51. The van der Waals surface area contributed by atoms with E-state index in [1.54, 1.807) is 0 Å². The van der Waals surface area contributed by atoms with Gasteiger partial charge >= 0.3 is 0 Å². The van der Waals surface area contributed by atoms with Crippen LogP contribution in [0.1, 0.15) is 83.5 Å². The Morgan fingerprint density at radius 3 is 1.41 bits per heavy atom. The first-order valence-electron chi connectivity index (χ1n) is 19.6. The minimum Gasteiger partial charge on any atom is -0.360 e. The van der Waals surface area contributed by atoms with Gasteiger partial charge in [-0.3, -0.25) is 24.8 Å². The Bertz CT molecular complexity index is 911. The van der Waals surface area contributed by atoms with E-state index in [9.17, 15) is 0 Å². The first kappa shape index (κ1) is 34.0. The zero-order valence-electron chi connectivity index (χ0n) is 29.2. The number of piperazine rings is 3. The van der Waals surface area contributed by atoms with Crippen LogP contribution < -0.4 is 5.32 Å². The molecule has 12 aliphatic rings. The lowest BCUT2D eigenvalue weighted by Crippen LogP contribution is -2.55. The lowest BCUT2D eigenvalue weighted by molar-refractivity contribution is 0.0647. The van der Waals surface area contributed by atoms with Crippen LogP contribution in [0.4, 0.5) is 0 Å². The second-order valence-corrected chi connectivity index (χ2v) is 14.8. The molecule has 1 N–H and O–H groups in total. The Morgan fingerprint density at radius 2 is 0.891 bits per heavy atom. The fourth-order valence-corrected chi connectivity index (χ4v) is 8.44. The molecule has 0 atom stereocenters. The Balaban J connectivity index is 0.000000101. The molecule has 0 aromatic heterocycles. The van der Waals surface area contributed by atoms with Crippen molar-refractivity contribution >= 4 is 17.6 Å². The third-order valence-electron chi connectivity index (χ3n) is 11.4. The molecule has 0 aliphatic carbocycles. The number of guanidine groups is 1. The summed E-state index contributed by atoms with van der Waals surface area (Å²) in [6, 6.07) is 0. The highest BCUT2D eigenvalue weighted by Crippen LogP contribution is 2.26. The molecule has 0 radical (unpaired) electrons. The standard InChI is InChI=1S/C9H16N2.C7H13N3.C7H12N2.C7H13N.C6H12N2/c1-2-5-9-10-6-4-8-11(9)7-3-1;1-3-8-7-9-4-2-6-10(7)5-1;1-3-7-8-4-2-6-9(7)5-1;1-4-8-5-2-7(1)3-6-8;1-2-8-5-3-7(1)4-6-8/h1-8H2;1-6H2,(H,8,9);1-6H2;7H,1-6H2;1-6H2. The predicted molar refractivity (Wildman–Crippen MR) is 192 cm³/mol. The van der Waals surface area contributed by atoms with Crippen molar-refractivity contribution in [1.82, 2.24) is 34.7 Å². The highest BCUT2D eigenvalue weighted by Gasteiger charge is 2.25. The molecule has 4 bridgehead atoms. The highest BCUT2D eigenvalue weighted by atomic mass is 15.3. The molecule has 10 nitrogen and oxygen atoms in total. The summed E-state index contributed by atoms with van der Waals surface area (Å²) < 4.78 is 0. The number of aliphatic imine (C=N–C) groups is 3. The minimum atomic E-state index is 1.01. The van der Waals surface area contributed by atoms with E-state index < -0.39 is 0 Å². The summed E-state index contributed by atoms with van der Waals surface area (Å²) in [4.78, 5) is 28.3. The normalized spacial score (nSPS) is 32.2. The quantitative estimate of drug-likeness (QED) is 0.437. The van der Waals surface area contributed by atoms with Gasteiger partial charge in [0.1, 0.15) is 0 Å². The first-order chi connectivity index (χ1) is 22.8. The van der Waals surface area contributed by atoms with E-state index in [2.05, 4.69) is 49.7 Å². The Hall–Kier alpha value is -1.91. The van der Waals surface area contributed by atoms with Gasteiger partial charge in [-0.05, 0) is 89.8 Å². The van der Waals surface area contributed by atoms with Crippen molar-refractivity contribution in [3.05, 3.63) is 0 Å². The van der Waals surface area contributed by atoms with Gasteiger partial charge in [0, 0.05) is 118 Å². The third-order valence-corrected chi connectivity index (χ3v) is 11.4. The SMILES string of the molecule is C1CCC2=NCCCN2CC1.C1CN2CCC1CC2.C1CN2CCN1CC2.C1CN=C2CCCN2C1.C1CN=C2NCCCN2C1. The molecule has 9 fully saturated rings. The van der Waals surface area contributed by atoms with E-state index in [0.717, 1.165) is 38.1 Å². The van der Waals surface area contributed by atoms with Gasteiger partial charge in [-0.25, -0.2) is 0 Å². The molecule has 0 unspecified atom stereocenters. The van der Waals surface area contributed by atoms with Gasteiger partial charge in [-0.2, -0.15) is 0 Å². The van der Waals surface area contributed by atoms with Crippen LogP contribution in [0.3, 0.4) is 0 Å². The van der Waals surface area contributed by atoms with Crippen LogP contribution in [0, 0.1) is 5.92 Å². The number of amidine groups is 2. The number of hydrogen-bond donors (Lipinski definition) is 1. The molecule has 12 rings (SSSR count). The van der Waals surface area contributed by atoms with E-state index in [-0.39, 0.29) is 0 Å². The summed E-state index contributed by atoms with van der Waals surface area (Å²) in [6.45, 7) is 23.8. The second-order valence-electron chi connectivity index (χ2n) is 14.8. The smallest absolute Gasteiger partial charge is 0.193 e. The molecule has 0 aromatic rings. The highest BCUT2D eigenvalue weighted by molar-refractivity contribution is 5.84. The molecule has 0 saturated carbocycles. The van der Waals surface area contributed by atoms with Gasteiger partial charge in [-0.15, -0.1) is 0 Å². The molecule has 12 aliphatic heterocycles. The molecule has 0 amide bonds. The minimum absolute atomic E-state index is 1.01. The van der Waals surface area contributed by atoms with Crippen molar-refractivity contribution in [3.8, 4) is 0 Å². The zero-order chi connectivity index (χ0) is 31.2. The van der Waals surface area contributed by atoms with Crippen molar-refractivity contribution in [2.75, 3.05) is 124 Å². The molecular weight excluding hydrogens is 572 g/mol. The van der Waals surface area contributed by atoms with Crippen molar-refractivity contribution in [2.45, 2.75) is 83.5 Å². The van der Waals surface area contributed by atoms with Crippen LogP contribution in [-0.2, 0) is 0 Å². The molecule has 10 heteroatoms. The van der Waals surface area contributed by atoms with Gasteiger partial charge in [0.25, 0.3) is 0 Å². The topological polar surface area (TPSA) is 68.5 Å². The monoisotopic (exact) mass is 639 g/mol. The largest absolute Gasteiger partial charge is 0.360 e. The Morgan fingerprint density at radius 1 is 0.413 bits per heavy atom. The summed E-state index contributed by atoms with van der Waals surface area (Å²) in [6.07, 6.45) is 17.4. The summed E-state index contributed by atoms with van der Waals surface area (Å²) in [5.74, 6) is 5.02. The molecule has 9 saturated heterocycles. The van der Waals surface area contributed by atoms with Crippen LogP contribution in [0.2, 0.25) is 0 Å². The maximum atomic E-state index is 4.55. The molecule has 12 heterocycles. The maximum Gasteiger partial charge on any atom is 0.193 e. The van der Waals surface area contributed by atoms with Crippen LogP contribution in [0.15, 0.2) is 15.0 Å². The van der Waals surface area contributed by atoms with Crippen molar-refractivity contribution in [3.63, 3.8) is 0 Å². The number of hydrogen-bond acceptors (Lipinski definition) is 10. The molecule has 0 aromatic carbocycles. The van der Waals surface area contributed by atoms with Crippen molar-refractivity contribution in [1.29, 1.82) is 0 Å². The van der Waals surface area contributed by atoms with Crippen LogP contribution in [-0.4, -0.2) is 171 Å². The molecule has 260 valence electrons. The summed E-state index contributed by atoms with van der Waals surface area (Å²) in [5, 5.41) is 3.30. The summed E-state index contributed by atoms with van der Waals surface area (Å²) in [5.41, 5.74) is 0. The third kappa shape index (κ3) is 10.5. The fraction of sp³-hybridized carbons (Fsp3) is 0.917. The Kier molecular flexibility index (Phi) is 13.7. The van der Waals surface area contributed by atoms with Crippen LogP contribution in [0.25, 0.3) is 0 Å². The van der Waals surface area contributed by atoms with Crippen molar-refractivity contribution in [2.24, 2.45) is 20.9 Å². The first-order valence-corrected chi connectivity index (χ1v) is 19.6. The van der Waals surface area contributed by atoms with Gasteiger partial charge in [0.2, 0.25) is 0 Å². The van der Waals surface area contributed by atoms with Gasteiger partial charge in [-0.1, -0.05) is 6.42 Å². The summed E-state index contributed by atoms with van der Waals surface area (Å²) in [7, 11) is 0. The van der Waals surface area contributed by atoms with Crippen LogP contribution in [0.5, 0.6) is 0 Å². The second kappa shape index (κ2) is 18.6. The molecular formula is C36H66N10.